The summed E-state index contributed by atoms with van der Waals surface area (Å²) >= 11 is 0. The minimum absolute atomic E-state index is 0.0343. The smallest absolute Gasteiger partial charge is 0.255 e. The van der Waals surface area contributed by atoms with Gasteiger partial charge in [0.25, 0.3) is 5.56 Å². The predicted octanol–water partition coefficient (Wildman–Crippen LogP) is 0.929. The Kier molecular flexibility index (Phi) is 5.81. The molecular weight excluding hydrogens is 396 g/mol. The number of fused-ring (bicyclic) bond motifs is 2. The summed E-state index contributed by atoms with van der Waals surface area (Å²) in [5.41, 5.74) is 2.04. The Morgan fingerprint density at radius 1 is 1.19 bits per heavy atom. The number of nitrogens with one attached hydrogen (secondary N) is 1. The molecule has 2 aliphatic heterocycles. The van der Waals surface area contributed by atoms with Crippen LogP contribution in [0.2, 0.25) is 0 Å². The fraction of sp³-hybridized carbons (Fsp3) is 0.682. The maximum atomic E-state index is 12.8. The largest absolute Gasteiger partial charge is 0.383 e. The van der Waals surface area contributed by atoms with Crippen molar-refractivity contribution in [3.63, 3.8) is 0 Å². The average Bonchev–Trinajstić information content (AvgIpc) is 3.39. The Labute approximate surface area is 182 Å². The highest BCUT2D eigenvalue weighted by molar-refractivity contribution is 5.40. The SMILES string of the molecule is COCCn1ccnc1CN1CCC2(CCc3c2nc(N2CCOCC2)[nH]c3=O)CC1. The van der Waals surface area contributed by atoms with E-state index < -0.39 is 0 Å². The van der Waals surface area contributed by atoms with Crippen LogP contribution in [0, 0.1) is 0 Å². The van der Waals surface area contributed by atoms with Crippen LogP contribution < -0.4 is 10.5 Å². The van der Waals surface area contributed by atoms with Gasteiger partial charge in [0, 0.05) is 50.1 Å². The minimum Gasteiger partial charge on any atom is -0.383 e. The molecule has 1 aliphatic carbocycles. The highest BCUT2D eigenvalue weighted by Gasteiger charge is 2.44. The molecule has 31 heavy (non-hydrogen) atoms. The van der Waals surface area contributed by atoms with Gasteiger partial charge in [-0.1, -0.05) is 0 Å². The number of hydrogen-bond acceptors (Lipinski definition) is 7. The molecule has 0 amide bonds. The van der Waals surface area contributed by atoms with Crippen molar-refractivity contribution >= 4 is 5.95 Å². The van der Waals surface area contributed by atoms with E-state index in [1.807, 2.05) is 12.4 Å². The highest BCUT2D eigenvalue weighted by Crippen LogP contribution is 2.44. The molecule has 5 rings (SSSR count). The van der Waals surface area contributed by atoms with Crippen LogP contribution in [0.1, 0.15) is 36.3 Å². The Morgan fingerprint density at radius 3 is 2.77 bits per heavy atom. The Balaban J connectivity index is 1.30. The maximum Gasteiger partial charge on any atom is 0.255 e. The third kappa shape index (κ3) is 4.02. The molecule has 3 aliphatic rings. The molecule has 2 saturated heterocycles. The van der Waals surface area contributed by atoms with Gasteiger partial charge in [-0.2, -0.15) is 0 Å². The number of morpholine rings is 1. The minimum atomic E-state index is 0.0343. The van der Waals surface area contributed by atoms with E-state index in [1.54, 1.807) is 7.11 Å². The van der Waals surface area contributed by atoms with E-state index in [1.165, 1.54) is 0 Å². The molecule has 4 heterocycles. The van der Waals surface area contributed by atoms with Gasteiger partial charge in [-0.25, -0.2) is 9.97 Å². The third-order valence-electron chi connectivity index (χ3n) is 7.19. The van der Waals surface area contributed by atoms with E-state index >= 15 is 0 Å². The number of rotatable bonds is 6. The summed E-state index contributed by atoms with van der Waals surface area (Å²) in [6.45, 7) is 7.28. The van der Waals surface area contributed by atoms with Crippen LogP contribution in [0.25, 0.3) is 0 Å². The molecule has 9 heteroatoms. The van der Waals surface area contributed by atoms with Crippen LogP contribution in [-0.2, 0) is 34.4 Å². The second kappa shape index (κ2) is 8.72. The second-order valence-corrected chi connectivity index (χ2v) is 8.90. The van der Waals surface area contributed by atoms with Crippen LogP contribution in [-0.4, -0.2) is 77.5 Å². The maximum absolute atomic E-state index is 12.8. The normalized spacial score (nSPS) is 21.0. The molecule has 0 atom stereocenters. The summed E-state index contributed by atoms with van der Waals surface area (Å²) in [5, 5.41) is 0. The van der Waals surface area contributed by atoms with Gasteiger partial charge in [-0.15, -0.1) is 0 Å². The first-order chi connectivity index (χ1) is 15.2. The molecule has 0 unspecified atom stereocenters. The van der Waals surface area contributed by atoms with Crippen molar-refractivity contribution in [1.82, 2.24) is 24.4 Å². The molecule has 0 bridgehead atoms. The summed E-state index contributed by atoms with van der Waals surface area (Å²) in [6.07, 6.45) is 7.84. The van der Waals surface area contributed by atoms with Crippen molar-refractivity contribution in [3.05, 3.63) is 39.8 Å². The van der Waals surface area contributed by atoms with Crippen LogP contribution in [0.5, 0.6) is 0 Å². The standard InChI is InChI=1S/C22H32N6O3/c1-30-13-10-27-9-6-23-18(27)16-26-7-4-22(5-8-26)3-2-17-19(22)24-21(25-20(17)29)28-11-14-31-15-12-28/h6,9H,2-5,7-8,10-16H2,1H3,(H,24,25,29). The quantitative estimate of drug-likeness (QED) is 0.732. The van der Waals surface area contributed by atoms with Crippen molar-refractivity contribution < 1.29 is 9.47 Å². The topological polar surface area (TPSA) is 88.5 Å². The number of methoxy groups -OCH3 is 1. The lowest BCUT2D eigenvalue weighted by Crippen LogP contribution is -2.43. The van der Waals surface area contributed by atoms with Crippen molar-refractivity contribution in [3.8, 4) is 0 Å². The number of piperidine rings is 1. The summed E-state index contributed by atoms with van der Waals surface area (Å²) in [6, 6.07) is 0. The lowest BCUT2D eigenvalue weighted by molar-refractivity contribution is 0.121. The second-order valence-electron chi connectivity index (χ2n) is 8.90. The average molecular weight is 429 g/mol. The van der Waals surface area contributed by atoms with Crippen LogP contribution in [0.4, 0.5) is 5.95 Å². The first-order valence-electron chi connectivity index (χ1n) is 11.4. The number of anilines is 1. The number of nitrogens with zero attached hydrogens (tertiary/aromatic N) is 5. The number of H-pyrrole nitrogens is 1. The molecular formula is C22H32N6O3. The first-order valence-corrected chi connectivity index (χ1v) is 11.4. The molecule has 2 fully saturated rings. The van der Waals surface area contributed by atoms with E-state index in [-0.39, 0.29) is 11.0 Å². The lowest BCUT2D eigenvalue weighted by Gasteiger charge is -2.39. The van der Waals surface area contributed by atoms with E-state index in [2.05, 4.69) is 24.3 Å². The van der Waals surface area contributed by atoms with Crippen molar-refractivity contribution in [2.24, 2.45) is 0 Å². The fourth-order valence-corrected chi connectivity index (χ4v) is 5.27. The zero-order valence-electron chi connectivity index (χ0n) is 18.3. The fourth-order valence-electron chi connectivity index (χ4n) is 5.27. The number of likely N-dealkylation sites (tertiary alicyclic amines) is 1. The molecule has 0 radical (unpaired) electrons. The van der Waals surface area contributed by atoms with Gasteiger partial charge in [-0.3, -0.25) is 14.7 Å². The van der Waals surface area contributed by atoms with Gasteiger partial charge in [0.2, 0.25) is 5.95 Å². The zero-order chi connectivity index (χ0) is 21.3. The number of imidazole rings is 1. The molecule has 1 spiro atoms. The third-order valence-corrected chi connectivity index (χ3v) is 7.19. The van der Waals surface area contributed by atoms with Crippen molar-refractivity contribution in [1.29, 1.82) is 0 Å². The van der Waals surface area contributed by atoms with E-state index in [4.69, 9.17) is 14.5 Å². The number of aromatic nitrogens is 4. The van der Waals surface area contributed by atoms with Gasteiger partial charge in [0.1, 0.15) is 5.82 Å². The van der Waals surface area contributed by atoms with Crippen molar-refractivity contribution in [2.45, 2.75) is 44.2 Å². The van der Waals surface area contributed by atoms with Crippen LogP contribution in [0.15, 0.2) is 17.2 Å². The summed E-state index contributed by atoms with van der Waals surface area (Å²) in [7, 11) is 1.73. The van der Waals surface area contributed by atoms with E-state index in [0.29, 0.717) is 19.8 Å². The zero-order valence-corrected chi connectivity index (χ0v) is 18.3. The van der Waals surface area contributed by atoms with Gasteiger partial charge >= 0.3 is 0 Å². The Morgan fingerprint density at radius 2 is 2.00 bits per heavy atom. The molecule has 2 aromatic heterocycles. The van der Waals surface area contributed by atoms with E-state index in [9.17, 15) is 4.79 Å². The Bertz CT molecular complexity index is 956. The number of hydrogen-bond donors (Lipinski definition) is 1. The molecule has 0 aromatic carbocycles. The summed E-state index contributed by atoms with van der Waals surface area (Å²) in [4.78, 5) is 30.1. The molecule has 2 aromatic rings. The predicted molar refractivity (Wildman–Crippen MR) is 117 cm³/mol. The van der Waals surface area contributed by atoms with Crippen molar-refractivity contribution in [2.75, 3.05) is 58.0 Å². The molecule has 1 N–H and O–H groups in total. The first kappa shape index (κ1) is 20.7. The Hall–Kier alpha value is -2.23. The van der Waals surface area contributed by atoms with Crippen LogP contribution >= 0.6 is 0 Å². The monoisotopic (exact) mass is 428 g/mol. The number of aromatic amines is 1. The lowest BCUT2D eigenvalue weighted by atomic mass is 9.76. The molecule has 0 saturated carbocycles. The summed E-state index contributed by atoms with van der Waals surface area (Å²) < 4.78 is 12.8. The molecule has 168 valence electrons. The summed E-state index contributed by atoms with van der Waals surface area (Å²) in [5.74, 6) is 1.81. The van der Waals surface area contributed by atoms with Gasteiger partial charge in [-0.05, 0) is 38.8 Å². The van der Waals surface area contributed by atoms with Gasteiger partial charge in [0.05, 0.1) is 32.1 Å². The van der Waals surface area contributed by atoms with Gasteiger partial charge < -0.3 is 18.9 Å². The van der Waals surface area contributed by atoms with Gasteiger partial charge in [0.15, 0.2) is 0 Å². The molecule has 9 nitrogen and oxygen atoms in total. The highest BCUT2D eigenvalue weighted by atomic mass is 16.5. The van der Waals surface area contributed by atoms with Crippen LogP contribution in [0.3, 0.4) is 0 Å². The number of ether oxygens (including phenoxy) is 2. The van der Waals surface area contributed by atoms with E-state index in [0.717, 1.165) is 88.0 Å².